The molecule has 2 nitrogen and oxygen atoms in total. The van der Waals surface area contributed by atoms with E-state index in [4.69, 9.17) is 0 Å². The fourth-order valence-corrected chi connectivity index (χ4v) is 3.29. The molecule has 0 fully saturated rings. The van der Waals surface area contributed by atoms with E-state index in [2.05, 4.69) is 67.9 Å². The molecule has 0 aromatic rings. The Morgan fingerprint density at radius 2 is 1.84 bits per heavy atom. The van der Waals surface area contributed by atoms with Gasteiger partial charge in [0.2, 0.25) is 0 Å². The third-order valence-electron chi connectivity index (χ3n) is 4.36. The Morgan fingerprint density at radius 1 is 1.11 bits per heavy atom. The first-order valence-corrected chi connectivity index (χ1v) is 7.42. The average molecular weight is 256 g/mol. The summed E-state index contributed by atoms with van der Waals surface area (Å²) in [5.41, 5.74) is 4.43. The second kappa shape index (κ2) is 4.59. The van der Waals surface area contributed by atoms with Crippen LogP contribution in [-0.2, 0) is 0 Å². The Kier molecular flexibility index (Phi) is 3.04. The molecule has 102 valence electrons. The largest absolute Gasteiger partial charge is 0.351 e. The van der Waals surface area contributed by atoms with Crippen LogP contribution in [0.2, 0.25) is 0 Å². The van der Waals surface area contributed by atoms with Crippen LogP contribution >= 0.6 is 0 Å². The monoisotopic (exact) mass is 256 g/mol. The van der Waals surface area contributed by atoms with Crippen LogP contribution in [0.1, 0.15) is 34.1 Å². The van der Waals surface area contributed by atoms with Gasteiger partial charge in [0.05, 0.1) is 6.67 Å². The average Bonchev–Trinajstić information content (AvgIpc) is 2.39. The fraction of sp³-hybridized carbons (Fsp3) is 0.529. The Bertz CT molecular complexity index is 491. The molecule has 3 rings (SSSR count). The summed E-state index contributed by atoms with van der Waals surface area (Å²) >= 11 is 0. The molecule has 2 aliphatic carbocycles. The minimum atomic E-state index is 0.541. The third-order valence-corrected chi connectivity index (χ3v) is 4.36. The molecule has 3 aliphatic rings. The Balaban J connectivity index is 2.13. The predicted molar refractivity (Wildman–Crippen MR) is 80.3 cm³/mol. The Labute approximate surface area is 116 Å². The van der Waals surface area contributed by atoms with Crippen LogP contribution in [0.4, 0.5) is 0 Å². The van der Waals surface area contributed by atoms with Crippen molar-refractivity contribution in [1.29, 1.82) is 0 Å². The SMILES string of the molecule is CC(C)N1CN(C(C)C)C2=C3C1=CC=CC3CC=C2. The highest BCUT2D eigenvalue weighted by Gasteiger charge is 2.35. The second-order valence-corrected chi connectivity index (χ2v) is 6.25. The molecule has 0 aromatic carbocycles. The smallest absolute Gasteiger partial charge is 0.0908 e. The molecule has 19 heavy (non-hydrogen) atoms. The van der Waals surface area contributed by atoms with Gasteiger partial charge < -0.3 is 9.80 Å². The van der Waals surface area contributed by atoms with Crippen molar-refractivity contribution in [3.05, 3.63) is 47.3 Å². The minimum absolute atomic E-state index is 0.541. The van der Waals surface area contributed by atoms with E-state index < -0.39 is 0 Å². The van der Waals surface area contributed by atoms with Gasteiger partial charge in [-0.2, -0.15) is 0 Å². The number of rotatable bonds is 2. The van der Waals surface area contributed by atoms with Crippen LogP contribution in [0.25, 0.3) is 0 Å². The number of hydrogen-bond donors (Lipinski definition) is 0. The molecule has 0 N–H and O–H groups in total. The van der Waals surface area contributed by atoms with Crippen molar-refractivity contribution in [2.45, 2.75) is 46.2 Å². The standard InChI is InChI=1S/C17H24N2/c1-12(2)18-11-19(13(3)4)16-10-6-8-14-7-5-9-15(18)17(14)16/h5-7,9-10,12-14H,8,11H2,1-4H3. The summed E-state index contributed by atoms with van der Waals surface area (Å²) in [7, 11) is 0. The van der Waals surface area contributed by atoms with Crippen LogP contribution in [0.15, 0.2) is 47.3 Å². The summed E-state index contributed by atoms with van der Waals surface area (Å²) in [6, 6.07) is 1.08. The molecule has 0 saturated heterocycles. The topological polar surface area (TPSA) is 6.48 Å². The van der Waals surface area contributed by atoms with E-state index in [-0.39, 0.29) is 0 Å². The fourth-order valence-electron chi connectivity index (χ4n) is 3.29. The van der Waals surface area contributed by atoms with Crippen molar-refractivity contribution in [2.24, 2.45) is 5.92 Å². The van der Waals surface area contributed by atoms with Crippen molar-refractivity contribution in [2.75, 3.05) is 6.67 Å². The zero-order valence-corrected chi connectivity index (χ0v) is 12.4. The van der Waals surface area contributed by atoms with Gasteiger partial charge in [0, 0.05) is 35.0 Å². The summed E-state index contributed by atoms with van der Waals surface area (Å²) < 4.78 is 0. The summed E-state index contributed by atoms with van der Waals surface area (Å²) in [5, 5.41) is 0. The summed E-state index contributed by atoms with van der Waals surface area (Å²) in [6.07, 6.45) is 12.7. The molecule has 0 radical (unpaired) electrons. The van der Waals surface area contributed by atoms with E-state index in [0.29, 0.717) is 18.0 Å². The highest BCUT2D eigenvalue weighted by molar-refractivity contribution is 5.50. The number of hydrogen-bond acceptors (Lipinski definition) is 2. The van der Waals surface area contributed by atoms with Gasteiger partial charge in [0.15, 0.2) is 0 Å². The first-order valence-electron chi connectivity index (χ1n) is 7.42. The van der Waals surface area contributed by atoms with Gasteiger partial charge in [-0.05, 0) is 46.3 Å². The third kappa shape index (κ3) is 1.94. The highest BCUT2D eigenvalue weighted by atomic mass is 15.4. The van der Waals surface area contributed by atoms with Crippen molar-refractivity contribution in [3.8, 4) is 0 Å². The molecule has 0 amide bonds. The van der Waals surface area contributed by atoms with Crippen LogP contribution in [0.5, 0.6) is 0 Å². The lowest BCUT2D eigenvalue weighted by Gasteiger charge is -2.48. The number of nitrogens with zero attached hydrogens (tertiary/aromatic N) is 2. The van der Waals surface area contributed by atoms with Gasteiger partial charge in [-0.1, -0.05) is 18.2 Å². The van der Waals surface area contributed by atoms with E-state index in [1.54, 1.807) is 5.57 Å². The highest BCUT2D eigenvalue weighted by Crippen LogP contribution is 2.41. The van der Waals surface area contributed by atoms with E-state index in [1.165, 1.54) is 11.4 Å². The molecule has 1 atom stereocenters. The molecule has 1 aliphatic heterocycles. The van der Waals surface area contributed by atoms with Crippen LogP contribution in [-0.4, -0.2) is 28.6 Å². The van der Waals surface area contributed by atoms with Gasteiger partial charge in [0.1, 0.15) is 0 Å². The van der Waals surface area contributed by atoms with Gasteiger partial charge in [-0.25, -0.2) is 0 Å². The van der Waals surface area contributed by atoms with E-state index in [0.717, 1.165) is 13.1 Å². The molecule has 0 spiro atoms. The van der Waals surface area contributed by atoms with Crippen LogP contribution < -0.4 is 0 Å². The van der Waals surface area contributed by atoms with Gasteiger partial charge in [-0.3, -0.25) is 0 Å². The normalized spacial score (nSPS) is 25.4. The maximum absolute atomic E-state index is 2.54. The second-order valence-electron chi connectivity index (χ2n) is 6.25. The minimum Gasteiger partial charge on any atom is -0.351 e. The van der Waals surface area contributed by atoms with Crippen molar-refractivity contribution >= 4 is 0 Å². The maximum Gasteiger partial charge on any atom is 0.0908 e. The van der Waals surface area contributed by atoms with Crippen LogP contribution in [0.3, 0.4) is 0 Å². The zero-order chi connectivity index (χ0) is 13.6. The van der Waals surface area contributed by atoms with Gasteiger partial charge in [0.25, 0.3) is 0 Å². The predicted octanol–water partition coefficient (Wildman–Crippen LogP) is 3.66. The molecule has 0 bridgehead atoms. The first kappa shape index (κ1) is 12.6. The van der Waals surface area contributed by atoms with Gasteiger partial charge in [-0.15, -0.1) is 0 Å². The zero-order valence-electron chi connectivity index (χ0n) is 12.4. The molecule has 1 heterocycles. The van der Waals surface area contributed by atoms with Crippen LogP contribution in [0, 0.1) is 5.92 Å². The lowest BCUT2D eigenvalue weighted by atomic mass is 9.82. The molecule has 2 heteroatoms. The van der Waals surface area contributed by atoms with Crippen molar-refractivity contribution < 1.29 is 0 Å². The Morgan fingerprint density at radius 3 is 2.53 bits per heavy atom. The lowest BCUT2D eigenvalue weighted by Crippen LogP contribution is -2.49. The Hall–Kier alpha value is -1.44. The van der Waals surface area contributed by atoms with Crippen molar-refractivity contribution in [1.82, 2.24) is 9.80 Å². The summed E-state index contributed by atoms with van der Waals surface area (Å²) in [5.74, 6) is 0.572. The van der Waals surface area contributed by atoms with E-state index in [1.807, 2.05) is 0 Å². The summed E-state index contributed by atoms with van der Waals surface area (Å²) in [6.45, 7) is 10.2. The maximum atomic E-state index is 2.54. The van der Waals surface area contributed by atoms with E-state index >= 15 is 0 Å². The molecule has 1 unspecified atom stereocenters. The lowest BCUT2D eigenvalue weighted by molar-refractivity contribution is 0.127. The quantitative estimate of drug-likeness (QED) is 0.744. The first-order chi connectivity index (χ1) is 9.09. The van der Waals surface area contributed by atoms with Gasteiger partial charge >= 0.3 is 0 Å². The molecule has 0 saturated carbocycles. The molecule has 0 aromatic heterocycles. The van der Waals surface area contributed by atoms with E-state index in [9.17, 15) is 0 Å². The summed E-state index contributed by atoms with van der Waals surface area (Å²) in [4.78, 5) is 5.07. The molecular formula is C17H24N2. The number of allylic oxidation sites excluding steroid dienone is 6. The molecular weight excluding hydrogens is 232 g/mol. The van der Waals surface area contributed by atoms with Crippen molar-refractivity contribution in [3.63, 3.8) is 0 Å².